The van der Waals surface area contributed by atoms with Gasteiger partial charge in [0, 0.05) is 51.4 Å². The Bertz CT molecular complexity index is 1320. The summed E-state index contributed by atoms with van der Waals surface area (Å²) in [5.41, 5.74) is 2.16. The zero-order valence-electron chi connectivity index (χ0n) is 21.2. The molecule has 0 saturated carbocycles. The highest BCUT2D eigenvalue weighted by Crippen LogP contribution is 2.27. The summed E-state index contributed by atoms with van der Waals surface area (Å²) in [7, 11) is 2.88. The highest BCUT2D eigenvalue weighted by atomic mass is 32.2. The number of urea groups is 1. The summed E-state index contributed by atoms with van der Waals surface area (Å²) >= 11 is 0. The fourth-order valence-electron chi connectivity index (χ4n) is 3.61. The third-order valence-corrected chi connectivity index (χ3v) is 6.87. The predicted molar refractivity (Wildman–Crippen MR) is 142 cm³/mol. The standard InChI is InChI=1S/C26H31FN4O5S/c1-30(2)25-13-8-22(29-37(33,34)24-11-9-23(36-4)10-12-24)16-19(25)18-31(14-15-35-3)26(32)28-21-7-5-6-20(27)17-21/h5-13,16-17,29H,14-15,18H2,1-4H3,(H,28,32). The predicted octanol–water partition coefficient (Wildman–Crippen LogP) is 4.38. The summed E-state index contributed by atoms with van der Waals surface area (Å²) in [6.45, 7) is 0.681. The average Bonchev–Trinajstić information content (AvgIpc) is 2.86. The molecule has 0 aliphatic rings. The minimum Gasteiger partial charge on any atom is -0.497 e. The number of rotatable bonds is 11. The van der Waals surface area contributed by atoms with E-state index in [9.17, 15) is 17.6 Å². The molecular weight excluding hydrogens is 499 g/mol. The largest absolute Gasteiger partial charge is 0.497 e. The maximum Gasteiger partial charge on any atom is 0.322 e. The van der Waals surface area contributed by atoms with Gasteiger partial charge in [0.2, 0.25) is 0 Å². The van der Waals surface area contributed by atoms with Gasteiger partial charge in [0.05, 0.1) is 18.6 Å². The average molecular weight is 531 g/mol. The second-order valence-corrected chi connectivity index (χ2v) is 10.1. The topological polar surface area (TPSA) is 100 Å². The number of halogens is 1. The van der Waals surface area contributed by atoms with Crippen molar-refractivity contribution in [1.29, 1.82) is 0 Å². The Labute approximate surface area is 216 Å². The van der Waals surface area contributed by atoms with Gasteiger partial charge in [0.15, 0.2) is 0 Å². The third-order valence-electron chi connectivity index (χ3n) is 5.47. The van der Waals surface area contributed by atoms with E-state index in [1.165, 1.54) is 49.5 Å². The first-order valence-electron chi connectivity index (χ1n) is 11.4. The molecule has 3 rings (SSSR count). The smallest absolute Gasteiger partial charge is 0.322 e. The van der Waals surface area contributed by atoms with Crippen LogP contribution in [0.15, 0.2) is 71.6 Å². The van der Waals surface area contributed by atoms with Gasteiger partial charge >= 0.3 is 6.03 Å². The Kier molecular flexibility index (Phi) is 9.31. The number of benzene rings is 3. The van der Waals surface area contributed by atoms with Crippen molar-refractivity contribution in [2.24, 2.45) is 0 Å². The van der Waals surface area contributed by atoms with Crippen LogP contribution in [0.25, 0.3) is 0 Å². The summed E-state index contributed by atoms with van der Waals surface area (Å²) in [4.78, 5) is 16.5. The molecule has 0 aliphatic heterocycles. The number of carbonyl (C=O) groups excluding carboxylic acids is 1. The molecule has 0 aromatic heterocycles. The van der Waals surface area contributed by atoms with Crippen LogP contribution in [0.2, 0.25) is 0 Å². The minimum atomic E-state index is -3.86. The van der Waals surface area contributed by atoms with Gasteiger partial charge in [0.25, 0.3) is 10.0 Å². The lowest BCUT2D eigenvalue weighted by Gasteiger charge is -2.26. The molecule has 2 amide bonds. The molecule has 2 N–H and O–H groups in total. The maximum absolute atomic E-state index is 13.6. The molecule has 0 atom stereocenters. The summed E-state index contributed by atoms with van der Waals surface area (Å²) in [6.07, 6.45) is 0. The SMILES string of the molecule is COCCN(Cc1cc(NS(=O)(=O)c2ccc(OC)cc2)ccc1N(C)C)C(=O)Nc1cccc(F)c1. The highest BCUT2D eigenvalue weighted by molar-refractivity contribution is 7.92. The Morgan fingerprint density at radius 1 is 0.973 bits per heavy atom. The number of sulfonamides is 1. The molecule has 0 spiro atoms. The molecule has 11 heteroatoms. The molecule has 37 heavy (non-hydrogen) atoms. The molecule has 198 valence electrons. The van der Waals surface area contributed by atoms with E-state index in [0.29, 0.717) is 22.7 Å². The van der Waals surface area contributed by atoms with Crippen molar-refractivity contribution in [3.8, 4) is 5.75 Å². The van der Waals surface area contributed by atoms with Crippen LogP contribution in [-0.2, 0) is 21.3 Å². The molecule has 0 aliphatic carbocycles. The van der Waals surface area contributed by atoms with Crippen LogP contribution in [0.3, 0.4) is 0 Å². The second-order valence-electron chi connectivity index (χ2n) is 8.37. The van der Waals surface area contributed by atoms with Crippen LogP contribution >= 0.6 is 0 Å². The van der Waals surface area contributed by atoms with Crippen molar-refractivity contribution < 1.29 is 27.1 Å². The number of amides is 2. The van der Waals surface area contributed by atoms with Crippen LogP contribution in [-0.4, -0.2) is 60.8 Å². The van der Waals surface area contributed by atoms with Crippen molar-refractivity contribution in [1.82, 2.24) is 4.90 Å². The van der Waals surface area contributed by atoms with Gasteiger partial charge < -0.3 is 24.6 Å². The second kappa shape index (κ2) is 12.4. The van der Waals surface area contributed by atoms with Crippen LogP contribution in [0.1, 0.15) is 5.56 Å². The van der Waals surface area contributed by atoms with Crippen molar-refractivity contribution in [2.45, 2.75) is 11.4 Å². The van der Waals surface area contributed by atoms with Gasteiger partial charge in [0.1, 0.15) is 11.6 Å². The van der Waals surface area contributed by atoms with Gasteiger partial charge in [-0.3, -0.25) is 4.72 Å². The van der Waals surface area contributed by atoms with Gasteiger partial charge in [-0.2, -0.15) is 0 Å². The first-order valence-corrected chi connectivity index (χ1v) is 12.9. The van der Waals surface area contributed by atoms with E-state index in [0.717, 1.165) is 5.69 Å². The quantitative estimate of drug-likeness (QED) is 0.382. The molecule has 0 fully saturated rings. The van der Waals surface area contributed by atoms with Gasteiger partial charge in [-0.1, -0.05) is 6.07 Å². The fourth-order valence-corrected chi connectivity index (χ4v) is 4.66. The van der Waals surface area contributed by atoms with Gasteiger partial charge in [-0.05, 0) is 66.2 Å². The maximum atomic E-state index is 13.6. The Morgan fingerprint density at radius 3 is 2.32 bits per heavy atom. The van der Waals surface area contributed by atoms with Crippen molar-refractivity contribution >= 4 is 33.1 Å². The molecule has 0 radical (unpaired) electrons. The highest BCUT2D eigenvalue weighted by Gasteiger charge is 2.19. The number of nitrogens with zero attached hydrogens (tertiary/aromatic N) is 2. The van der Waals surface area contributed by atoms with E-state index < -0.39 is 21.9 Å². The lowest BCUT2D eigenvalue weighted by atomic mass is 10.1. The zero-order valence-corrected chi connectivity index (χ0v) is 22.0. The summed E-state index contributed by atoms with van der Waals surface area (Å²) in [6, 6.07) is 16.3. The van der Waals surface area contributed by atoms with Crippen molar-refractivity contribution in [3.05, 3.63) is 78.1 Å². The number of hydrogen-bond donors (Lipinski definition) is 2. The molecule has 3 aromatic rings. The number of ether oxygens (including phenoxy) is 2. The number of carbonyl (C=O) groups is 1. The Hall–Kier alpha value is -3.83. The van der Waals surface area contributed by atoms with E-state index in [1.807, 2.05) is 19.0 Å². The van der Waals surface area contributed by atoms with Crippen molar-refractivity contribution in [2.75, 3.05) is 56.4 Å². The lowest BCUT2D eigenvalue weighted by molar-refractivity contribution is 0.153. The van der Waals surface area contributed by atoms with Gasteiger partial charge in [-0.25, -0.2) is 17.6 Å². The molecule has 0 unspecified atom stereocenters. The van der Waals surface area contributed by atoms with Crippen LogP contribution in [0.5, 0.6) is 5.75 Å². The van der Waals surface area contributed by atoms with E-state index in [-0.39, 0.29) is 24.6 Å². The Balaban J connectivity index is 1.87. The number of nitrogens with one attached hydrogen (secondary N) is 2. The van der Waals surface area contributed by atoms with E-state index in [4.69, 9.17) is 9.47 Å². The number of hydrogen-bond acceptors (Lipinski definition) is 6. The summed E-state index contributed by atoms with van der Waals surface area (Å²) in [5, 5.41) is 2.70. The van der Waals surface area contributed by atoms with Crippen LogP contribution < -0.4 is 19.7 Å². The molecular formula is C26H31FN4O5S. The Morgan fingerprint density at radius 2 is 1.70 bits per heavy atom. The van der Waals surface area contributed by atoms with E-state index in [1.54, 1.807) is 36.4 Å². The zero-order chi connectivity index (χ0) is 27.0. The molecule has 0 saturated heterocycles. The van der Waals surface area contributed by atoms with E-state index in [2.05, 4.69) is 10.0 Å². The summed E-state index contributed by atoms with van der Waals surface area (Å²) < 4.78 is 52.4. The van der Waals surface area contributed by atoms with Crippen molar-refractivity contribution in [3.63, 3.8) is 0 Å². The number of anilines is 3. The summed E-state index contributed by atoms with van der Waals surface area (Å²) in [5.74, 6) is 0.0808. The third kappa shape index (κ3) is 7.58. The van der Waals surface area contributed by atoms with Gasteiger partial charge in [-0.15, -0.1) is 0 Å². The molecule has 3 aromatic carbocycles. The lowest BCUT2D eigenvalue weighted by Crippen LogP contribution is -2.37. The first kappa shape index (κ1) is 27.8. The monoisotopic (exact) mass is 530 g/mol. The normalized spacial score (nSPS) is 11.1. The number of methoxy groups -OCH3 is 2. The van der Waals surface area contributed by atoms with Crippen LogP contribution in [0.4, 0.5) is 26.2 Å². The first-order chi connectivity index (χ1) is 17.6. The fraction of sp³-hybridized carbons (Fsp3) is 0.269. The molecule has 9 nitrogen and oxygen atoms in total. The van der Waals surface area contributed by atoms with E-state index >= 15 is 0 Å². The minimum absolute atomic E-state index is 0.0859. The molecule has 0 bridgehead atoms. The van der Waals surface area contributed by atoms with Crippen LogP contribution in [0, 0.1) is 5.82 Å². The molecule has 0 heterocycles.